The van der Waals surface area contributed by atoms with Crippen molar-refractivity contribution >= 4 is 56.9 Å². The molecule has 2 fully saturated rings. The number of nitrogens with zero attached hydrogens (tertiary/aromatic N) is 5. The van der Waals surface area contributed by atoms with Crippen molar-refractivity contribution in [3.05, 3.63) is 46.8 Å². The Morgan fingerprint density at radius 2 is 1.84 bits per heavy atom. The van der Waals surface area contributed by atoms with Crippen molar-refractivity contribution < 1.29 is 9.59 Å². The summed E-state index contributed by atoms with van der Waals surface area (Å²) in [6, 6.07) is 11.2. The molecular weight excluding hydrogens is 454 g/mol. The number of hydrogen-bond donors (Lipinski definition) is 0. The van der Waals surface area contributed by atoms with Crippen LogP contribution in [0.25, 0.3) is 9.88 Å². The third-order valence-corrected chi connectivity index (χ3v) is 7.90. The van der Waals surface area contributed by atoms with Crippen LogP contribution in [0, 0.1) is 5.92 Å². The number of thiophene rings is 1. The van der Waals surface area contributed by atoms with Crippen molar-refractivity contribution in [1.29, 1.82) is 0 Å². The van der Waals surface area contributed by atoms with Crippen LogP contribution >= 0.6 is 34.3 Å². The van der Waals surface area contributed by atoms with Gasteiger partial charge >= 0.3 is 0 Å². The van der Waals surface area contributed by atoms with Gasteiger partial charge in [0.05, 0.1) is 10.8 Å². The fraction of sp³-hybridized carbons (Fsp3) is 0.333. The molecule has 1 unspecified atom stereocenters. The lowest BCUT2D eigenvalue weighted by Gasteiger charge is -2.35. The van der Waals surface area contributed by atoms with Crippen LogP contribution in [0.3, 0.4) is 0 Å². The Labute approximate surface area is 192 Å². The lowest BCUT2D eigenvalue weighted by Crippen LogP contribution is -2.50. The van der Waals surface area contributed by atoms with E-state index in [4.69, 9.17) is 11.6 Å². The smallest absolute Gasteiger partial charge is 0.228 e. The van der Waals surface area contributed by atoms with E-state index >= 15 is 0 Å². The molecule has 0 spiro atoms. The van der Waals surface area contributed by atoms with Crippen molar-refractivity contribution in [2.24, 2.45) is 5.92 Å². The first kappa shape index (κ1) is 20.4. The first-order chi connectivity index (χ1) is 15.1. The number of halogens is 1. The van der Waals surface area contributed by atoms with Crippen molar-refractivity contribution in [1.82, 2.24) is 15.1 Å². The third kappa shape index (κ3) is 4.17. The zero-order chi connectivity index (χ0) is 21.4. The highest BCUT2D eigenvalue weighted by atomic mass is 35.5. The van der Waals surface area contributed by atoms with Crippen LogP contribution in [0.2, 0.25) is 5.02 Å². The molecule has 0 radical (unpaired) electrons. The maximum Gasteiger partial charge on any atom is 0.228 e. The lowest BCUT2D eigenvalue weighted by molar-refractivity contribution is -0.136. The normalized spacial score (nSPS) is 19.3. The highest BCUT2D eigenvalue weighted by Crippen LogP contribution is 2.32. The van der Waals surface area contributed by atoms with Crippen LogP contribution in [0.5, 0.6) is 0 Å². The molecule has 31 heavy (non-hydrogen) atoms. The predicted octanol–water partition coefficient (Wildman–Crippen LogP) is 3.62. The minimum Gasteiger partial charge on any atom is -0.343 e. The monoisotopic (exact) mass is 473 g/mol. The molecule has 2 amide bonds. The highest BCUT2D eigenvalue weighted by Gasteiger charge is 2.38. The van der Waals surface area contributed by atoms with E-state index in [1.54, 1.807) is 39.7 Å². The summed E-state index contributed by atoms with van der Waals surface area (Å²) in [5, 5.41) is 13.1. The van der Waals surface area contributed by atoms with Gasteiger partial charge in [-0.25, -0.2) is 0 Å². The predicted molar refractivity (Wildman–Crippen MR) is 124 cm³/mol. The molecule has 2 aliphatic heterocycles. The molecule has 2 aliphatic rings. The average molecular weight is 474 g/mol. The molecule has 1 aromatic carbocycles. The quantitative estimate of drug-likeness (QED) is 0.578. The van der Waals surface area contributed by atoms with Crippen LogP contribution in [0.1, 0.15) is 6.42 Å². The minimum atomic E-state index is -0.304. The molecule has 2 saturated heterocycles. The van der Waals surface area contributed by atoms with E-state index in [2.05, 4.69) is 15.1 Å². The maximum atomic E-state index is 13.1. The van der Waals surface area contributed by atoms with E-state index in [0.717, 1.165) is 20.7 Å². The molecule has 0 N–H and O–H groups in total. The molecule has 7 nitrogen and oxygen atoms in total. The molecule has 0 saturated carbocycles. The Hall–Kier alpha value is -2.49. The second-order valence-electron chi connectivity index (χ2n) is 7.56. The summed E-state index contributed by atoms with van der Waals surface area (Å²) in [7, 11) is 0. The van der Waals surface area contributed by atoms with Gasteiger partial charge < -0.3 is 14.7 Å². The van der Waals surface area contributed by atoms with Crippen molar-refractivity contribution in [3.63, 3.8) is 0 Å². The first-order valence-electron chi connectivity index (χ1n) is 10.1. The SMILES string of the molecule is O=C(C1CC(=O)N(c2ccc(Cl)cc2)C1)N1CCN(c2nnc(-c3cccs3)s2)CC1. The van der Waals surface area contributed by atoms with Gasteiger partial charge in [-0.05, 0) is 35.7 Å². The summed E-state index contributed by atoms with van der Waals surface area (Å²) < 4.78 is 0. The van der Waals surface area contributed by atoms with Crippen LogP contribution < -0.4 is 9.80 Å². The average Bonchev–Trinajstić information content (AvgIpc) is 3.55. The molecule has 4 heterocycles. The topological polar surface area (TPSA) is 69.6 Å². The largest absolute Gasteiger partial charge is 0.343 e. The van der Waals surface area contributed by atoms with E-state index in [1.165, 1.54) is 0 Å². The molecule has 1 atom stereocenters. The molecular formula is C21H20ClN5O2S2. The van der Waals surface area contributed by atoms with E-state index < -0.39 is 0 Å². The van der Waals surface area contributed by atoms with Gasteiger partial charge in [-0.2, -0.15) is 0 Å². The summed E-state index contributed by atoms with van der Waals surface area (Å²) >= 11 is 9.18. The van der Waals surface area contributed by atoms with Crippen molar-refractivity contribution in [2.45, 2.75) is 6.42 Å². The van der Waals surface area contributed by atoms with Gasteiger partial charge in [-0.1, -0.05) is 29.0 Å². The van der Waals surface area contributed by atoms with Gasteiger partial charge in [-0.3, -0.25) is 9.59 Å². The third-order valence-electron chi connectivity index (χ3n) is 5.62. The molecule has 0 aliphatic carbocycles. The van der Waals surface area contributed by atoms with E-state index in [0.29, 0.717) is 37.7 Å². The Kier molecular flexibility index (Phi) is 5.64. The molecule has 10 heteroatoms. The zero-order valence-electron chi connectivity index (χ0n) is 16.6. The van der Waals surface area contributed by atoms with Gasteiger partial charge in [0, 0.05) is 49.9 Å². The summed E-state index contributed by atoms with van der Waals surface area (Å²) in [6.45, 7) is 3.09. The number of piperazine rings is 1. The first-order valence-corrected chi connectivity index (χ1v) is 12.1. The van der Waals surface area contributed by atoms with E-state index in [9.17, 15) is 9.59 Å². The number of hydrogen-bond acceptors (Lipinski definition) is 7. The number of anilines is 2. The lowest BCUT2D eigenvalue weighted by atomic mass is 10.1. The number of benzene rings is 1. The van der Waals surface area contributed by atoms with E-state index in [1.807, 2.05) is 34.5 Å². The Morgan fingerprint density at radius 1 is 1.06 bits per heavy atom. The number of amides is 2. The summed E-state index contributed by atoms with van der Waals surface area (Å²) in [6.07, 6.45) is 0.252. The number of rotatable bonds is 4. The second-order valence-corrected chi connectivity index (χ2v) is 9.90. The Balaban J connectivity index is 1.19. The van der Waals surface area contributed by atoms with Gasteiger partial charge in [0.25, 0.3) is 0 Å². The van der Waals surface area contributed by atoms with Gasteiger partial charge in [-0.15, -0.1) is 21.5 Å². The second kappa shape index (κ2) is 8.57. The number of aromatic nitrogens is 2. The van der Waals surface area contributed by atoms with Gasteiger partial charge in [0.2, 0.25) is 16.9 Å². The van der Waals surface area contributed by atoms with Crippen LogP contribution in [0.15, 0.2) is 41.8 Å². The standard InChI is InChI=1S/C21H20ClN5O2S2/c22-15-3-5-16(6-4-15)27-13-14(12-18(27)28)20(29)25-7-9-26(10-8-25)21-24-23-19(31-21)17-2-1-11-30-17/h1-6,11,14H,7-10,12-13H2. The molecule has 3 aromatic rings. The van der Waals surface area contributed by atoms with Crippen LogP contribution in [0.4, 0.5) is 10.8 Å². The number of carbonyl (C=O) groups excluding carboxylic acids is 2. The zero-order valence-corrected chi connectivity index (χ0v) is 19.0. The van der Waals surface area contributed by atoms with Crippen LogP contribution in [-0.2, 0) is 9.59 Å². The Morgan fingerprint density at radius 3 is 2.55 bits per heavy atom. The molecule has 5 rings (SSSR count). The summed E-state index contributed by atoms with van der Waals surface area (Å²) in [5.74, 6) is -0.267. The van der Waals surface area contributed by atoms with Gasteiger partial charge in [0.1, 0.15) is 0 Å². The highest BCUT2D eigenvalue weighted by molar-refractivity contribution is 7.22. The maximum absolute atomic E-state index is 13.1. The summed E-state index contributed by atoms with van der Waals surface area (Å²) in [4.78, 5) is 32.4. The minimum absolute atomic E-state index is 0.0192. The Bertz CT molecular complexity index is 1080. The van der Waals surface area contributed by atoms with Gasteiger partial charge in [0.15, 0.2) is 5.01 Å². The molecule has 2 aromatic heterocycles. The number of carbonyl (C=O) groups is 2. The molecule has 0 bridgehead atoms. The van der Waals surface area contributed by atoms with Crippen molar-refractivity contribution in [2.75, 3.05) is 42.5 Å². The fourth-order valence-corrected chi connectivity index (χ4v) is 5.78. The molecule has 160 valence electrons. The summed E-state index contributed by atoms with van der Waals surface area (Å²) in [5.41, 5.74) is 0.785. The van der Waals surface area contributed by atoms with Crippen molar-refractivity contribution in [3.8, 4) is 9.88 Å². The fourth-order valence-electron chi connectivity index (χ4n) is 3.96. The van der Waals surface area contributed by atoms with Crippen LogP contribution in [-0.4, -0.2) is 59.6 Å². The van der Waals surface area contributed by atoms with E-state index in [-0.39, 0.29) is 24.2 Å².